The van der Waals surface area contributed by atoms with E-state index in [9.17, 15) is 5.11 Å². The number of ether oxygens (including phenoxy) is 1. The Bertz CT molecular complexity index is 1130. The number of rotatable bonds is 9. The molecule has 0 aliphatic heterocycles. The Balaban J connectivity index is 1.73. The van der Waals surface area contributed by atoms with Crippen LogP contribution in [0.1, 0.15) is 29.5 Å². The Labute approximate surface area is 188 Å². The molecule has 0 aliphatic rings. The standard InChI is InChI=1S/C26H29N3O3/c1-19-9-7-12-23(15-19)32-26-25(21(3)27-29(26)22-10-5-4-6-11-22)18-28(16-20(2)30)17-24-13-8-14-31-24/h4-15,20,30H,16-18H2,1-3H3/t20-/m0/s1. The molecule has 1 atom stereocenters. The first-order chi connectivity index (χ1) is 15.5. The molecule has 4 rings (SSSR count). The van der Waals surface area contributed by atoms with E-state index in [1.807, 2.05) is 85.3 Å². The molecule has 0 saturated heterocycles. The molecule has 1 N–H and O–H groups in total. The van der Waals surface area contributed by atoms with Gasteiger partial charge in [-0.3, -0.25) is 4.90 Å². The molecule has 0 amide bonds. The van der Waals surface area contributed by atoms with Gasteiger partial charge in [-0.2, -0.15) is 5.10 Å². The lowest BCUT2D eigenvalue weighted by atomic mass is 10.2. The number of para-hydroxylation sites is 1. The topological polar surface area (TPSA) is 63.7 Å². The van der Waals surface area contributed by atoms with Crippen molar-refractivity contribution in [2.75, 3.05) is 6.54 Å². The first-order valence-electron chi connectivity index (χ1n) is 10.8. The van der Waals surface area contributed by atoms with Crippen LogP contribution >= 0.6 is 0 Å². The maximum atomic E-state index is 10.1. The van der Waals surface area contributed by atoms with Gasteiger partial charge in [-0.05, 0) is 62.7 Å². The zero-order valence-electron chi connectivity index (χ0n) is 18.7. The van der Waals surface area contributed by atoms with Crippen LogP contribution < -0.4 is 4.74 Å². The van der Waals surface area contributed by atoms with Crippen LogP contribution in [0, 0.1) is 13.8 Å². The normalized spacial score (nSPS) is 12.3. The van der Waals surface area contributed by atoms with Gasteiger partial charge < -0.3 is 14.3 Å². The summed E-state index contributed by atoms with van der Waals surface area (Å²) in [7, 11) is 0. The van der Waals surface area contributed by atoms with Crippen molar-refractivity contribution in [2.24, 2.45) is 0 Å². The summed E-state index contributed by atoms with van der Waals surface area (Å²) in [5.41, 5.74) is 3.91. The number of aliphatic hydroxyl groups is 1. The molecule has 0 spiro atoms. The Morgan fingerprint density at radius 1 is 1.03 bits per heavy atom. The predicted octanol–water partition coefficient (Wildman–Crippen LogP) is 5.26. The van der Waals surface area contributed by atoms with E-state index in [4.69, 9.17) is 14.3 Å². The summed E-state index contributed by atoms with van der Waals surface area (Å²) in [6.45, 7) is 7.47. The van der Waals surface area contributed by atoms with Crippen molar-refractivity contribution in [3.63, 3.8) is 0 Å². The van der Waals surface area contributed by atoms with Gasteiger partial charge in [-0.25, -0.2) is 4.68 Å². The molecule has 0 aliphatic carbocycles. The summed E-state index contributed by atoms with van der Waals surface area (Å²) in [5.74, 6) is 2.28. The molecule has 0 saturated carbocycles. The zero-order chi connectivity index (χ0) is 22.5. The number of aliphatic hydroxyl groups excluding tert-OH is 1. The minimum Gasteiger partial charge on any atom is -0.468 e. The Morgan fingerprint density at radius 2 is 1.84 bits per heavy atom. The molecule has 2 aromatic carbocycles. The maximum Gasteiger partial charge on any atom is 0.227 e. The van der Waals surface area contributed by atoms with Crippen molar-refractivity contribution >= 4 is 0 Å². The van der Waals surface area contributed by atoms with Gasteiger partial charge in [0.15, 0.2) is 0 Å². The number of benzene rings is 2. The predicted molar refractivity (Wildman–Crippen MR) is 124 cm³/mol. The highest BCUT2D eigenvalue weighted by Gasteiger charge is 2.22. The van der Waals surface area contributed by atoms with Gasteiger partial charge >= 0.3 is 0 Å². The second kappa shape index (κ2) is 9.85. The second-order valence-corrected chi connectivity index (χ2v) is 8.13. The highest BCUT2D eigenvalue weighted by atomic mass is 16.5. The summed E-state index contributed by atoms with van der Waals surface area (Å²) in [6, 6.07) is 21.8. The lowest BCUT2D eigenvalue weighted by molar-refractivity contribution is 0.112. The monoisotopic (exact) mass is 431 g/mol. The van der Waals surface area contributed by atoms with Crippen LogP contribution in [0.5, 0.6) is 11.6 Å². The van der Waals surface area contributed by atoms with Crippen LogP contribution in [0.4, 0.5) is 0 Å². The zero-order valence-corrected chi connectivity index (χ0v) is 18.7. The number of hydrogen-bond acceptors (Lipinski definition) is 5. The SMILES string of the molecule is Cc1cccc(Oc2c(CN(Cc3ccco3)C[C@H](C)O)c(C)nn2-c2ccccc2)c1. The average Bonchev–Trinajstić information content (AvgIpc) is 3.37. The van der Waals surface area contributed by atoms with E-state index in [-0.39, 0.29) is 0 Å². The van der Waals surface area contributed by atoms with Gasteiger partial charge in [0, 0.05) is 13.1 Å². The summed E-state index contributed by atoms with van der Waals surface area (Å²) in [4.78, 5) is 2.14. The molecular formula is C26H29N3O3. The van der Waals surface area contributed by atoms with Gasteiger partial charge in [0.2, 0.25) is 5.88 Å². The van der Waals surface area contributed by atoms with Crippen molar-refractivity contribution in [1.82, 2.24) is 14.7 Å². The van der Waals surface area contributed by atoms with Crippen LogP contribution in [-0.4, -0.2) is 32.4 Å². The van der Waals surface area contributed by atoms with Gasteiger partial charge in [-0.15, -0.1) is 0 Å². The molecular weight excluding hydrogens is 402 g/mol. The Kier molecular flexibility index (Phi) is 6.73. The summed E-state index contributed by atoms with van der Waals surface area (Å²) < 4.78 is 13.8. The second-order valence-electron chi connectivity index (χ2n) is 8.13. The Hall–Kier alpha value is -3.35. The summed E-state index contributed by atoms with van der Waals surface area (Å²) >= 11 is 0. The third-order valence-corrected chi connectivity index (χ3v) is 5.21. The molecule has 166 valence electrons. The van der Waals surface area contributed by atoms with Gasteiger partial charge in [-0.1, -0.05) is 30.3 Å². The minimum atomic E-state index is -0.476. The number of hydrogen-bond donors (Lipinski definition) is 1. The van der Waals surface area contributed by atoms with Crippen molar-refractivity contribution in [1.29, 1.82) is 0 Å². The first kappa shape index (κ1) is 21.9. The van der Waals surface area contributed by atoms with E-state index in [1.54, 1.807) is 13.2 Å². The van der Waals surface area contributed by atoms with Crippen molar-refractivity contribution in [3.05, 3.63) is 95.6 Å². The van der Waals surface area contributed by atoms with Crippen LogP contribution in [0.3, 0.4) is 0 Å². The lowest BCUT2D eigenvalue weighted by Crippen LogP contribution is -2.30. The van der Waals surface area contributed by atoms with Gasteiger partial charge in [0.1, 0.15) is 11.5 Å². The quantitative estimate of drug-likeness (QED) is 0.392. The Morgan fingerprint density at radius 3 is 2.53 bits per heavy atom. The van der Waals surface area contributed by atoms with Crippen molar-refractivity contribution < 1.29 is 14.3 Å². The summed E-state index contributed by atoms with van der Waals surface area (Å²) in [5, 5.41) is 14.9. The van der Waals surface area contributed by atoms with Gasteiger partial charge in [0.25, 0.3) is 0 Å². The molecule has 6 heteroatoms. The van der Waals surface area contributed by atoms with Crippen molar-refractivity contribution in [2.45, 2.75) is 40.0 Å². The largest absolute Gasteiger partial charge is 0.468 e. The molecule has 0 radical (unpaired) electrons. The highest BCUT2D eigenvalue weighted by molar-refractivity contribution is 5.43. The summed E-state index contributed by atoms with van der Waals surface area (Å²) in [6.07, 6.45) is 1.19. The maximum absolute atomic E-state index is 10.1. The molecule has 0 fully saturated rings. The van der Waals surface area contributed by atoms with E-state index in [2.05, 4.69) is 4.90 Å². The van der Waals surface area contributed by atoms with Crippen LogP contribution in [0.2, 0.25) is 0 Å². The van der Waals surface area contributed by atoms with E-state index in [1.165, 1.54) is 0 Å². The molecule has 2 heterocycles. The first-order valence-corrected chi connectivity index (χ1v) is 10.8. The molecule has 0 bridgehead atoms. The van der Waals surface area contributed by atoms with Gasteiger partial charge in [0.05, 0.1) is 35.9 Å². The van der Waals surface area contributed by atoms with Crippen LogP contribution in [0.15, 0.2) is 77.4 Å². The number of furan rings is 1. The highest BCUT2D eigenvalue weighted by Crippen LogP contribution is 2.32. The van der Waals surface area contributed by atoms with E-state index in [0.717, 1.165) is 34.0 Å². The lowest BCUT2D eigenvalue weighted by Gasteiger charge is -2.23. The molecule has 32 heavy (non-hydrogen) atoms. The fraction of sp³-hybridized carbons (Fsp3) is 0.269. The van der Waals surface area contributed by atoms with E-state index < -0.39 is 6.10 Å². The smallest absolute Gasteiger partial charge is 0.227 e. The van der Waals surface area contributed by atoms with Crippen molar-refractivity contribution in [3.8, 4) is 17.3 Å². The molecule has 0 unspecified atom stereocenters. The van der Waals surface area contributed by atoms with E-state index in [0.29, 0.717) is 25.5 Å². The average molecular weight is 432 g/mol. The number of aryl methyl sites for hydroxylation is 2. The number of nitrogens with zero attached hydrogens (tertiary/aromatic N) is 3. The number of aromatic nitrogens is 2. The molecule has 2 aromatic heterocycles. The fourth-order valence-corrected chi connectivity index (χ4v) is 3.77. The molecule has 6 nitrogen and oxygen atoms in total. The molecule has 4 aromatic rings. The minimum absolute atomic E-state index is 0.476. The third-order valence-electron chi connectivity index (χ3n) is 5.21. The fourth-order valence-electron chi connectivity index (χ4n) is 3.77. The third kappa shape index (κ3) is 5.28. The van der Waals surface area contributed by atoms with Crippen LogP contribution in [0.25, 0.3) is 5.69 Å². The van der Waals surface area contributed by atoms with Crippen LogP contribution in [-0.2, 0) is 13.1 Å². The van der Waals surface area contributed by atoms with E-state index >= 15 is 0 Å².